The fourth-order valence-corrected chi connectivity index (χ4v) is 2.05. The lowest BCUT2D eigenvalue weighted by Gasteiger charge is -2.04. The number of rotatable bonds is 1. The van der Waals surface area contributed by atoms with E-state index in [1.807, 2.05) is 5.38 Å². The second-order valence-electron chi connectivity index (χ2n) is 2.75. The molecule has 0 radical (unpaired) electrons. The summed E-state index contributed by atoms with van der Waals surface area (Å²) < 4.78 is 0. The van der Waals surface area contributed by atoms with Crippen molar-refractivity contribution in [1.29, 1.82) is 0 Å². The Labute approximate surface area is 68.5 Å². The lowest BCUT2D eigenvalue weighted by atomic mass is 10.2. The SMILES string of the molecule is O=c1[nH]c([C@@H]2CCCN2)cs1. The minimum absolute atomic E-state index is 0.0497. The molecule has 0 aliphatic carbocycles. The molecule has 2 N–H and O–H groups in total. The molecule has 1 fully saturated rings. The number of aromatic amines is 1. The molecule has 2 rings (SSSR count). The fraction of sp³-hybridized carbons (Fsp3) is 0.571. The van der Waals surface area contributed by atoms with Crippen LogP contribution in [-0.4, -0.2) is 11.5 Å². The van der Waals surface area contributed by atoms with Gasteiger partial charge in [0.25, 0.3) is 0 Å². The molecule has 0 bridgehead atoms. The Morgan fingerprint density at radius 1 is 1.64 bits per heavy atom. The van der Waals surface area contributed by atoms with Gasteiger partial charge in [0.2, 0.25) is 0 Å². The summed E-state index contributed by atoms with van der Waals surface area (Å²) in [6, 6.07) is 0.397. The van der Waals surface area contributed by atoms with Crippen molar-refractivity contribution in [3.05, 3.63) is 20.7 Å². The maximum absolute atomic E-state index is 10.8. The third-order valence-electron chi connectivity index (χ3n) is 1.98. The van der Waals surface area contributed by atoms with Crippen LogP contribution in [0.3, 0.4) is 0 Å². The predicted molar refractivity (Wildman–Crippen MR) is 44.9 cm³/mol. The second-order valence-corrected chi connectivity index (χ2v) is 3.59. The van der Waals surface area contributed by atoms with E-state index in [4.69, 9.17) is 0 Å². The zero-order valence-corrected chi connectivity index (χ0v) is 6.91. The number of aromatic nitrogens is 1. The average molecular weight is 170 g/mol. The van der Waals surface area contributed by atoms with Crippen LogP contribution in [0.2, 0.25) is 0 Å². The Morgan fingerprint density at radius 2 is 2.55 bits per heavy atom. The normalized spacial score (nSPS) is 24.2. The molecule has 3 nitrogen and oxygen atoms in total. The van der Waals surface area contributed by atoms with Crippen LogP contribution < -0.4 is 10.2 Å². The topological polar surface area (TPSA) is 44.9 Å². The number of hydrogen-bond acceptors (Lipinski definition) is 3. The van der Waals surface area contributed by atoms with Gasteiger partial charge in [0.05, 0.1) is 0 Å². The minimum atomic E-state index is 0.0497. The van der Waals surface area contributed by atoms with Crippen molar-refractivity contribution in [2.45, 2.75) is 18.9 Å². The summed E-state index contributed by atoms with van der Waals surface area (Å²) in [5.41, 5.74) is 1.05. The van der Waals surface area contributed by atoms with Crippen molar-refractivity contribution in [2.24, 2.45) is 0 Å². The molecule has 1 aliphatic rings. The maximum Gasteiger partial charge on any atom is 0.304 e. The summed E-state index contributed by atoms with van der Waals surface area (Å²) in [5.74, 6) is 0. The number of nitrogens with one attached hydrogen (secondary N) is 2. The minimum Gasteiger partial charge on any atom is -0.315 e. The Balaban J connectivity index is 2.21. The first-order valence-electron chi connectivity index (χ1n) is 3.77. The standard InChI is InChI=1S/C7H10N2OS/c10-7-9-6(4-11-7)5-2-1-3-8-5/h4-5,8H,1-3H2,(H,9,10)/t5-/m0/s1. The van der Waals surface area contributed by atoms with Crippen molar-refractivity contribution in [1.82, 2.24) is 10.3 Å². The lowest BCUT2D eigenvalue weighted by Crippen LogP contribution is -2.14. The molecular formula is C7H10N2OS. The van der Waals surface area contributed by atoms with Gasteiger partial charge in [-0.25, -0.2) is 0 Å². The molecule has 0 amide bonds. The molecular weight excluding hydrogens is 160 g/mol. The molecule has 1 aromatic heterocycles. The van der Waals surface area contributed by atoms with Crippen LogP contribution in [0.5, 0.6) is 0 Å². The summed E-state index contributed by atoms with van der Waals surface area (Å²) in [7, 11) is 0. The summed E-state index contributed by atoms with van der Waals surface area (Å²) in [4.78, 5) is 13.7. The van der Waals surface area contributed by atoms with Gasteiger partial charge in [-0.3, -0.25) is 4.79 Å². The Hall–Kier alpha value is -0.610. The molecule has 1 saturated heterocycles. The van der Waals surface area contributed by atoms with Gasteiger partial charge < -0.3 is 10.3 Å². The first-order valence-corrected chi connectivity index (χ1v) is 4.65. The number of thiazole rings is 1. The highest BCUT2D eigenvalue weighted by Crippen LogP contribution is 2.20. The molecule has 2 heterocycles. The van der Waals surface area contributed by atoms with E-state index in [1.54, 1.807) is 0 Å². The third kappa shape index (κ3) is 1.36. The first kappa shape index (κ1) is 7.06. The van der Waals surface area contributed by atoms with E-state index in [0.29, 0.717) is 6.04 Å². The maximum atomic E-state index is 10.8. The molecule has 4 heteroatoms. The summed E-state index contributed by atoms with van der Waals surface area (Å²) in [6.45, 7) is 1.07. The number of hydrogen-bond donors (Lipinski definition) is 2. The predicted octanol–water partition coefficient (Wildman–Crippen LogP) is 0.861. The Kier molecular flexibility index (Phi) is 1.79. The number of H-pyrrole nitrogens is 1. The van der Waals surface area contributed by atoms with Crippen molar-refractivity contribution in [3.63, 3.8) is 0 Å². The fourth-order valence-electron chi connectivity index (χ4n) is 1.41. The molecule has 60 valence electrons. The zero-order valence-electron chi connectivity index (χ0n) is 6.09. The van der Waals surface area contributed by atoms with Crippen LogP contribution in [0.25, 0.3) is 0 Å². The lowest BCUT2D eigenvalue weighted by molar-refractivity contribution is 0.630. The van der Waals surface area contributed by atoms with E-state index in [2.05, 4.69) is 10.3 Å². The Bertz CT molecular complexity index is 285. The van der Waals surface area contributed by atoms with Gasteiger partial charge in [0.15, 0.2) is 0 Å². The van der Waals surface area contributed by atoms with E-state index in [1.165, 1.54) is 17.8 Å². The molecule has 1 atom stereocenters. The smallest absolute Gasteiger partial charge is 0.304 e. The highest BCUT2D eigenvalue weighted by Gasteiger charge is 2.16. The van der Waals surface area contributed by atoms with Crippen LogP contribution in [0.4, 0.5) is 0 Å². The van der Waals surface area contributed by atoms with Crippen LogP contribution in [-0.2, 0) is 0 Å². The molecule has 0 unspecified atom stereocenters. The van der Waals surface area contributed by atoms with Crippen LogP contribution >= 0.6 is 11.3 Å². The molecule has 0 spiro atoms. The van der Waals surface area contributed by atoms with Gasteiger partial charge in [-0.15, -0.1) is 0 Å². The highest BCUT2D eigenvalue weighted by atomic mass is 32.1. The highest BCUT2D eigenvalue weighted by molar-refractivity contribution is 7.07. The zero-order chi connectivity index (χ0) is 7.68. The van der Waals surface area contributed by atoms with Crippen molar-refractivity contribution in [2.75, 3.05) is 6.54 Å². The van der Waals surface area contributed by atoms with Crippen molar-refractivity contribution >= 4 is 11.3 Å². The Morgan fingerprint density at radius 3 is 3.09 bits per heavy atom. The summed E-state index contributed by atoms with van der Waals surface area (Å²) in [5, 5.41) is 5.23. The monoisotopic (exact) mass is 170 g/mol. The van der Waals surface area contributed by atoms with E-state index >= 15 is 0 Å². The molecule has 0 aromatic carbocycles. The summed E-state index contributed by atoms with van der Waals surface area (Å²) >= 11 is 1.24. The second kappa shape index (κ2) is 2.79. The van der Waals surface area contributed by atoms with E-state index in [9.17, 15) is 4.79 Å². The van der Waals surface area contributed by atoms with E-state index < -0.39 is 0 Å². The van der Waals surface area contributed by atoms with Gasteiger partial charge in [-0.05, 0) is 19.4 Å². The summed E-state index contributed by atoms with van der Waals surface area (Å²) in [6.07, 6.45) is 2.36. The van der Waals surface area contributed by atoms with Crippen LogP contribution in [0.1, 0.15) is 24.6 Å². The van der Waals surface area contributed by atoms with Crippen LogP contribution in [0, 0.1) is 0 Å². The van der Waals surface area contributed by atoms with Gasteiger partial charge >= 0.3 is 4.87 Å². The molecule has 1 aliphatic heterocycles. The van der Waals surface area contributed by atoms with E-state index in [0.717, 1.165) is 18.7 Å². The van der Waals surface area contributed by atoms with Crippen molar-refractivity contribution < 1.29 is 0 Å². The molecule has 11 heavy (non-hydrogen) atoms. The molecule has 1 aromatic rings. The van der Waals surface area contributed by atoms with Crippen LogP contribution in [0.15, 0.2) is 10.2 Å². The third-order valence-corrected chi connectivity index (χ3v) is 2.66. The van der Waals surface area contributed by atoms with Gasteiger partial charge in [0, 0.05) is 17.1 Å². The van der Waals surface area contributed by atoms with Gasteiger partial charge in [0.1, 0.15) is 0 Å². The quantitative estimate of drug-likeness (QED) is 0.656. The largest absolute Gasteiger partial charge is 0.315 e. The van der Waals surface area contributed by atoms with Gasteiger partial charge in [-0.2, -0.15) is 0 Å². The molecule has 0 saturated carbocycles. The first-order chi connectivity index (χ1) is 5.36. The van der Waals surface area contributed by atoms with Gasteiger partial charge in [-0.1, -0.05) is 11.3 Å². The van der Waals surface area contributed by atoms with E-state index in [-0.39, 0.29) is 4.87 Å². The van der Waals surface area contributed by atoms with Crippen molar-refractivity contribution in [3.8, 4) is 0 Å². The average Bonchev–Trinajstić information content (AvgIpc) is 2.55.